The number of hydrogen-bond acceptors (Lipinski definition) is 3. The molecule has 0 aromatic carbocycles. The van der Waals surface area contributed by atoms with Gasteiger partial charge in [0.25, 0.3) is 0 Å². The molecule has 0 aliphatic heterocycles. The first-order chi connectivity index (χ1) is 7.77. The number of fused-ring (bicyclic) bond motifs is 1. The van der Waals surface area contributed by atoms with Gasteiger partial charge in [0.05, 0.1) is 0 Å². The van der Waals surface area contributed by atoms with Crippen molar-refractivity contribution in [1.29, 1.82) is 0 Å². The molecule has 0 fully saturated rings. The molecule has 0 spiro atoms. The van der Waals surface area contributed by atoms with Crippen LogP contribution in [0.3, 0.4) is 0 Å². The molecule has 0 aliphatic rings. The van der Waals surface area contributed by atoms with Gasteiger partial charge in [-0.05, 0) is 0 Å². The highest BCUT2D eigenvalue weighted by Crippen LogP contribution is 2.20. The number of halogens is 1. The van der Waals surface area contributed by atoms with Crippen LogP contribution in [0.4, 0.5) is 0 Å². The SMILES string of the molecule is C=CCc1nc2c(Cl)ncnc2n1CC=C. The maximum absolute atomic E-state index is 5.96. The molecular weight excluding hydrogens is 224 g/mol. The van der Waals surface area contributed by atoms with Crippen LogP contribution < -0.4 is 0 Å². The molecule has 0 bridgehead atoms. The average Bonchev–Trinajstić information content (AvgIpc) is 2.61. The van der Waals surface area contributed by atoms with Crippen LogP contribution in [0.2, 0.25) is 5.15 Å². The van der Waals surface area contributed by atoms with E-state index in [1.165, 1.54) is 6.33 Å². The van der Waals surface area contributed by atoms with Crippen LogP contribution in [0.1, 0.15) is 5.82 Å². The summed E-state index contributed by atoms with van der Waals surface area (Å²) in [5.41, 5.74) is 1.36. The van der Waals surface area contributed by atoms with E-state index in [9.17, 15) is 0 Å². The number of allylic oxidation sites excluding steroid dienone is 2. The Morgan fingerprint density at radius 3 is 2.81 bits per heavy atom. The van der Waals surface area contributed by atoms with Crippen LogP contribution in [-0.4, -0.2) is 19.5 Å². The number of imidazole rings is 1. The summed E-state index contributed by atoms with van der Waals surface area (Å²) in [6.45, 7) is 8.06. The summed E-state index contributed by atoms with van der Waals surface area (Å²) in [7, 11) is 0. The molecule has 0 amide bonds. The van der Waals surface area contributed by atoms with Gasteiger partial charge in [0.1, 0.15) is 17.7 Å². The molecule has 5 heteroatoms. The third-order valence-corrected chi connectivity index (χ3v) is 2.48. The van der Waals surface area contributed by atoms with Crippen molar-refractivity contribution in [3.8, 4) is 0 Å². The first-order valence-corrected chi connectivity index (χ1v) is 5.23. The number of nitrogens with zero attached hydrogens (tertiary/aromatic N) is 4. The van der Waals surface area contributed by atoms with E-state index in [4.69, 9.17) is 11.6 Å². The van der Waals surface area contributed by atoms with Crippen molar-refractivity contribution >= 4 is 22.8 Å². The predicted molar refractivity (Wildman–Crippen MR) is 64.4 cm³/mol. The molecule has 0 unspecified atom stereocenters. The maximum atomic E-state index is 5.96. The molecule has 0 saturated heterocycles. The van der Waals surface area contributed by atoms with Crippen molar-refractivity contribution in [3.05, 3.63) is 42.6 Å². The predicted octanol–water partition coefficient (Wildman–Crippen LogP) is 2.39. The van der Waals surface area contributed by atoms with Crippen LogP contribution in [0, 0.1) is 0 Å². The summed E-state index contributed by atoms with van der Waals surface area (Å²) in [5, 5.41) is 0.373. The molecule has 0 radical (unpaired) electrons. The Morgan fingerprint density at radius 1 is 1.31 bits per heavy atom. The van der Waals surface area contributed by atoms with Gasteiger partial charge in [-0.25, -0.2) is 15.0 Å². The second kappa shape index (κ2) is 4.45. The van der Waals surface area contributed by atoms with Crippen molar-refractivity contribution in [2.24, 2.45) is 0 Å². The second-order valence-corrected chi connectivity index (χ2v) is 3.61. The second-order valence-electron chi connectivity index (χ2n) is 3.26. The topological polar surface area (TPSA) is 43.6 Å². The van der Waals surface area contributed by atoms with E-state index >= 15 is 0 Å². The van der Waals surface area contributed by atoms with Gasteiger partial charge in [-0.2, -0.15) is 0 Å². The summed E-state index contributed by atoms with van der Waals surface area (Å²) in [5.74, 6) is 0.868. The third-order valence-electron chi connectivity index (χ3n) is 2.20. The summed E-state index contributed by atoms with van der Waals surface area (Å²) in [4.78, 5) is 12.5. The lowest BCUT2D eigenvalue weighted by Gasteiger charge is -2.02. The van der Waals surface area contributed by atoms with Crippen molar-refractivity contribution in [2.45, 2.75) is 13.0 Å². The van der Waals surface area contributed by atoms with Gasteiger partial charge >= 0.3 is 0 Å². The summed E-state index contributed by atoms with van der Waals surface area (Å²) >= 11 is 5.96. The summed E-state index contributed by atoms with van der Waals surface area (Å²) < 4.78 is 1.96. The Kier molecular flexibility index (Phi) is 3.01. The average molecular weight is 235 g/mol. The van der Waals surface area contributed by atoms with Crippen molar-refractivity contribution in [3.63, 3.8) is 0 Å². The fourth-order valence-electron chi connectivity index (χ4n) is 1.56. The van der Waals surface area contributed by atoms with Gasteiger partial charge in [-0.3, -0.25) is 0 Å². The Balaban J connectivity index is 2.69. The normalized spacial score (nSPS) is 10.6. The first-order valence-electron chi connectivity index (χ1n) is 4.85. The highest BCUT2D eigenvalue weighted by Gasteiger charge is 2.12. The fourth-order valence-corrected chi connectivity index (χ4v) is 1.73. The molecule has 2 aromatic rings. The molecule has 0 atom stereocenters. The quantitative estimate of drug-likeness (QED) is 0.603. The van der Waals surface area contributed by atoms with Crippen LogP contribution in [0.5, 0.6) is 0 Å². The zero-order chi connectivity index (χ0) is 11.5. The molecule has 2 rings (SSSR count). The molecule has 82 valence electrons. The number of rotatable bonds is 4. The fraction of sp³-hybridized carbons (Fsp3) is 0.182. The smallest absolute Gasteiger partial charge is 0.165 e. The minimum Gasteiger partial charge on any atom is -0.308 e. The van der Waals surface area contributed by atoms with E-state index in [0.717, 1.165) is 11.5 Å². The zero-order valence-corrected chi connectivity index (χ0v) is 9.48. The van der Waals surface area contributed by atoms with Crippen LogP contribution in [0.25, 0.3) is 11.2 Å². The van der Waals surface area contributed by atoms with Crippen LogP contribution in [0.15, 0.2) is 31.6 Å². The van der Waals surface area contributed by atoms with Gasteiger partial charge in [-0.1, -0.05) is 23.8 Å². The van der Waals surface area contributed by atoms with E-state index in [0.29, 0.717) is 23.6 Å². The number of hydrogen-bond donors (Lipinski definition) is 0. The molecule has 0 aliphatic carbocycles. The molecule has 0 N–H and O–H groups in total. The highest BCUT2D eigenvalue weighted by molar-refractivity contribution is 6.33. The molecular formula is C11H11ClN4. The summed E-state index contributed by atoms with van der Waals surface area (Å²) in [6, 6.07) is 0. The molecule has 16 heavy (non-hydrogen) atoms. The van der Waals surface area contributed by atoms with Gasteiger partial charge in [0, 0.05) is 13.0 Å². The lowest BCUT2D eigenvalue weighted by Crippen LogP contribution is -2.02. The lowest BCUT2D eigenvalue weighted by atomic mass is 10.4. The molecule has 2 heterocycles. The largest absolute Gasteiger partial charge is 0.308 e. The first kappa shape index (κ1) is 10.8. The van der Waals surface area contributed by atoms with E-state index < -0.39 is 0 Å². The standard InChI is InChI=1S/C11H11ClN4/c1-3-5-8-15-9-10(12)13-7-14-11(9)16(8)6-4-2/h3-4,7H,1-2,5-6H2. The lowest BCUT2D eigenvalue weighted by molar-refractivity contribution is 0.778. The van der Waals surface area contributed by atoms with Crippen LogP contribution >= 0.6 is 11.6 Å². The van der Waals surface area contributed by atoms with Crippen molar-refractivity contribution < 1.29 is 0 Å². The molecule has 4 nitrogen and oxygen atoms in total. The van der Waals surface area contributed by atoms with E-state index in [1.807, 2.05) is 4.57 Å². The van der Waals surface area contributed by atoms with Crippen molar-refractivity contribution in [2.75, 3.05) is 0 Å². The van der Waals surface area contributed by atoms with Gasteiger partial charge in [-0.15, -0.1) is 13.2 Å². The van der Waals surface area contributed by atoms with Gasteiger partial charge < -0.3 is 4.57 Å². The van der Waals surface area contributed by atoms with Crippen LogP contribution in [-0.2, 0) is 13.0 Å². The number of aromatic nitrogens is 4. The Labute approximate surface area is 98.3 Å². The minimum atomic E-state index is 0.373. The third kappa shape index (κ3) is 1.72. The minimum absolute atomic E-state index is 0.373. The Hall–Kier alpha value is -1.68. The summed E-state index contributed by atoms with van der Waals surface area (Å²) in [6.07, 6.45) is 5.69. The van der Waals surface area contributed by atoms with E-state index in [2.05, 4.69) is 28.1 Å². The Morgan fingerprint density at radius 2 is 2.12 bits per heavy atom. The Bertz CT molecular complexity index is 544. The van der Waals surface area contributed by atoms with Crippen molar-refractivity contribution in [1.82, 2.24) is 19.5 Å². The van der Waals surface area contributed by atoms with E-state index in [-0.39, 0.29) is 0 Å². The maximum Gasteiger partial charge on any atom is 0.165 e. The highest BCUT2D eigenvalue weighted by atomic mass is 35.5. The zero-order valence-electron chi connectivity index (χ0n) is 8.73. The molecule has 0 saturated carbocycles. The van der Waals surface area contributed by atoms with Gasteiger partial charge in [0.15, 0.2) is 10.8 Å². The molecule has 2 aromatic heterocycles. The van der Waals surface area contributed by atoms with Gasteiger partial charge in [0.2, 0.25) is 0 Å². The van der Waals surface area contributed by atoms with E-state index in [1.54, 1.807) is 12.2 Å². The monoisotopic (exact) mass is 234 g/mol.